The van der Waals surface area contributed by atoms with Crippen molar-refractivity contribution in [3.63, 3.8) is 0 Å². The van der Waals surface area contributed by atoms with E-state index in [4.69, 9.17) is 5.11 Å². The number of esters is 1. The van der Waals surface area contributed by atoms with E-state index in [1.807, 2.05) is 0 Å². The molecule has 1 heterocycles. The highest BCUT2D eigenvalue weighted by Gasteiger charge is 2.41. The molecule has 0 aromatic rings. The Morgan fingerprint density at radius 3 is 2.58 bits per heavy atom. The van der Waals surface area contributed by atoms with Crippen LogP contribution in [0, 0.1) is 5.92 Å². The maximum atomic E-state index is 12.2. The van der Waals surface area contributed by atoms with Gasteiger partial charge in [-0.3, -0.25) is 9.59 Å². The molecule has 0 spiro atoms. The van der Waals surface area contributed by atoms with Gasteiger partial charge in [-0.05, 0) is 0 Å². The number of hydrogen-bond donors (Lipinski definition) is 3. The summed E-state index contributed by atoms with van der Waals surface area (Å²) in [6.07, 6.45) is -1.01. The number of aliphatic carboxylic acids is 1. The van der Waals surface area contributed by atoms with Crippen LogP contribution in [0.3, 0.4) is 0 Å². The van der Waals surface area contributed by atoms with Crippen LogP contribution >= 0.6 is 12.6 Å². The predicted molar refractivity (Wildman–Crippen MR) is 67.7 cm³/mol. The van der Waals surface area contributed by atoms with E-state index in [2.05, 4.69) is 17.4 Å². The minimum Gasteiger partial charge on any atom is -0.480 e. The lowest BCUT2D eigenvalue weighted by atomic mass is 10.1. The second kappa shape index (κ2) is 6.76. The number of rotatable bonds is 5. The average molecular weight is 291 g/mol. The van der Waals surface area contributed by atoms with Crippen LogP contribution < -0.4 is 0 Å². The zero-order chi connectivity index (χ0) is 14.6. The summed E-state index contributed by atoms with van der Waals surface area (Å²) in [6, 6.07) is -1.05. The normalized spacial score (nSPS) is 24.1. The van der Waals surface area contributed by atoms with Gasteiger partial charge in [-0.25, -0.2) is 4.79 Å². The monoisotopic (exact) mass is 291 g/mol. The molecule has 0 saturated carbocycles. The van der Waals surface area contributed by atoms with Crippen LogP contribution in [0.5, 0.6) is 0 Å². The molecule has 1 amide bonds. The minimum atomic E-state index is -1.17. The fourth-order valence-corrected chi connectivity index (χ4v) is 2.33. The maximum Gasteiger partial charge on any atom is 0.326 e. The first-order valence-corrected chi connectivity index (χ1v) is 6.43. The molecule has 0 aromatic carbocycles. The number of amides is 1. The Kier molecular flexibility index (Phi) is 5.61. The molecular formula is C11H17NO6S. The van der Waals surface area contributed by atoms with Gasteiger partial charge in [-0.15, -0.1) is 0 Å². The van der Waals surface area contributed by atoms with Crippen LogP contribution in [0.4, 0.5) is 0 Å². The summed E-state index contributed by atoms with van der Waals surface area (Å²) in [5, 5.41) is 18.5. The van der Waals surface area contributed by atoms with Crippen molar-refractivity contribution >= 4 is 30.5 Å². The maximum absolute atomic E-state index is 12.2. The molecule has 0 aliphatic carbocycles. The molecule has 2 N–H and O–H groups in total. The van der Waals surface area contributed by atoms with Crippen LogP contribution in [-0.2, 0) is 19.1 Å². The molecular weight excluding hydrogens is 274 g/mol. The van der Waals surface area contributed by atoms with Crippen molar-refractivity contribution in [2.24, 2.45) is 5.92 Å². The van der Waals surface area contributed by atoms with Gasteiger partial charge in [0.25, 0.3) is 0 Å². The zero-order valence-corrected chi connectivity index (χ0v) is 11.4. The summed E-state index contributed by atoms with van der Waals surface area (Å²) >= 11 is 4.00. The molecule has 1 aliphatic heterocycles. The van der Waals surface area contributed by atoms with Gasteiger partial charge in [0, 0.05) is 18.7 Å². The van der Waals surface area contributed by atoms with Crippen molar-refractivity contribution in [3.05, 3.63) is 0 Å². The Labute approximate surface area is 115 Å². The van der Waals surface area contributed by atoms with E-state index >= 15 is 0 Å². The molecule has 7 nitrogen and oxygen atoms in total. The van der Waals surface area contributed by atoms with Gasteiger partial charge in [-0.1, -0.05) is 0 Å². The lowest BCUT2D eigenvalue weighted by Gasteiger charge is -2.25. The molecule has 1 saturated heterocycles. The smallest absolute Gasteiger partial charge is 0.326 e. The third-order valence-corrected chi connectivity index (χ3v) is 3.50. The van der Waals surface area contributed by atoms with Crippen molar-refractivity contribution < 1.29 is 29.3 Å². The number of thiol groups is 1. The molecule has 1 fully saturated rings. The summed E-state index contributed by atoms with van der Waals surface area (Å²) in [5.41, 5.74) is 0. The van der Waals surface area contributed by atoms with E-state index in [-0.39, 0.29) is 25.1 Å². The number of carboxylic acids is 1. The van der Waals surface area contributed by atoms with Gasteiger partial charge >= 0.3 is 11.9 Å². The molecule has 1 rings (SSSR count). The quantitative estimate of drug-likeness (QED) is 0.450. The van der Waals surface area contributed by atoms with Crippen molar-refractivity contribution in [3.8, 4) is 0 Å². The van der Waals surface area contributed by atoms with Crippen molar-refractivity contribution in [2.45, 2.75) is 25.0 Å². The number of aliphatic hydroxyl groups is 1. The Morgan fingerprint density at radius 1 is 1.47 bits per heavy atom. The van der Waals surface area contributed by atoms with Gasteiger partial charge in [0.15, 0.2) is 0 Å². The standard InChI is InChI=1S/C11H17NO6S/c1-18-9(14)2-6(5-19)10(15)12-4-7(13)3-8(12)11(16)17/h6-8,13,19H,2-5H2,1H3,(H,16,17)/t6?,7?,8-/m0/s1. The van der Waals surface area contributed by atoms with Crippen LogP contribution in [0.15, 0.2) is 0 Å². The Hall–Kier alpha value is -1.28. The molecule has 0 bridgehead atoms. The average Bonchev–Trinajstić information content (AvgIpc) is 2.77. The van der Waals surface area contributed by atoms with Gasteiger partial charge in [0.1, 0.15) is 6.04 Å². The van der Waals surface area contributed by atoms with Crippen LogP contribution in [0.25, 0.3) is 0 Å². The van der Waals surface area contributed by atoms with E-state index in [1.54, 1.807) is 0 Å². The summed E-state index contributed by atoms with van der Waals surface area (Å²) in [7, 11) is 1.21. The Morgan fingerprint density at radius 2 is 2.11 bits per heavy atom. The Balaban J connectivity index is 2.78. The SMILES string of the molecule is COC(=O)CC(CS)C(=O)N1CC(O)C[C@H]1C(=O)O. The van der Waals surface area contributed by atoms with Crippen LogP contribution in [0.1, 0.15) is 12.8 Å². The van der Waals surface area contributed by atoms with E-state index in [0.29, 0.717) is 0 Å². The van der Waals surface area contributed by atoms with Gasteiger partial charge in [-0.2, -0.15) is 12.6 Å². The number of nitrogens with zero attached hydrogens (tertiary/aromatic N) is 1. The lowest BCUT2D eigenvalue weighted by molar-refractivity contribution is -0.151. The first kappa shape index (κ1) is 15.8. The topological polar surface area (TPSA) is 104 Å². The van der Waals surface area contributed by atoms with Crippen LogP contribution in [0.2, 0.25) is 0 Å². The number of aliphatic hydroxyl groups excluding tert-OH is 1. The fourth-order valence-electron chi connectivity index (χ4n) is 2.04. The summed E-state index contributed by atoms with van der Waals surface area (Å²) in [6.45, 7) is -0.0404. The zero-order valence-electron chi connectivity index (χ0n) is 10.5. The number of carboxylic acid groups (broad SMARTS) is 1. The Bertz CT molecular complexity index is 374. The van der Waals surface area contributed by atoms with Gasteiger partial charge < -0.3 is 19.8 Å². The molecule has 19 heavy (non-hydrogen) atoms. The van der Waals surface area contributed by atoms with E-state index in [9.17, 15) is 19.5 Å². The molecule has 3 atom stereocenters. The number of ether oxygens (including phenoxy) is 1. The molecule has 0 radical (unpaired) electrons. The van der Waals surface area contributed by atoms with E-state index in [0.717, 1.165) is 4.90 Å². The minimum absolute atomic E-state index is 0.00140. The number of β-amino-alcohol motifs (C(OH)–C–C–N with tert-alkyl or cyclic N) is 1. The molecule has 0 aromatic heterocycles. The van der Waals surface area contributed by atoms with Crippen molar-refractivity contribution in [1.82, 2.24) is 4.90 Å². The van der Waals surface area contributed by atoms with Crippen LogP contribution in [-0.4, -0.2) is 64.5 Å². The fraction of sp³-hybridized carbons (Fsp3) is 0.727. The third kappa shape index (κ3) is 3.84. The van der Waals surface area contributed by atoms with Crippen molar-refractivity contribution in [1.29, 1.82) is 0 Å². The number of methoxy groups -OCH3 is 1. The number of hydrogen-bond acceptors (Lipinski definition) is 6. The highest BCUT2D eigenvalue weighted by Crippen LogP contribution is 2.22. The second-order valence-corrected chi connectivity index (χ2v) is 4.76. The number of likely N-dealkylation sites (tertiary alicyclic amines) is 1. The van der Waals surface area contributed by atoms with E-state index < -0.39 is 35.9 Å². The van der Waals surface area contributed by atoms with Crippen molar-refractivity contribution in [2.75, 3.05) is 19.4 Å². The number of carbonyl (C=O) groups excluding carboxylic acids is 2. The predicted octanol–water partition coefficient (Wildman–Crippen LogP) is -0.858. The number of carbonyl (C=O) groups is 3. The third-order valence-electron chi connectivity index (χ3n) is 3.06. The molecule has 108 valence electrons. The lowest BCUT2D eigenvalue weighted by Crippen LogP contribution is -2.44. The molecule has 8 heteroatoms. The largest absolute Gasteiger partial charge is 0.480 e. The molecule has 2 unspecified atom stereocenters. The first-order valence-electron chi connectivity index (χ1n) is 5.79. The first-order chi connectivity index (χ1) is 8.90. The summed E-state index contributed by atoms with van der Waals surface area (Å²) in [4.78, 5) is 35.5. The molecule has 1 aliphatic rings. The highest BCUT2D eigenvalue weighted by atomic mass is 32.1. The summed E-state index contributed by atoms with van der Waals surface area (Å²) in [5.74, 6) is -2.86. The highest BCUT2D eigenvalue weighted by molar-refractivity contribution is 7.80. The second-order valence-electron chi connectivity index (χ2n) is 4.39. The van der Waals surface area contributed by atoms with Gasteiger partial charge in [0.2, 0.25) is 5.91 Å². The van der Waals surface area contributed by atoms with Gasteiger partial charge in [0.05, 0.1) is 25.6 Å². The van der Waals surface area contributed by atoms with E-state index in [1.165, 1.54) is 7.11 Å². The summed E-state index contributed by atoms with van der Waals surface area (Å²) < 4.78 is 4.48.